The molecule has 0 spiro atoms. The molecule has 18 heavy (non-hydrogen) atoms. The Hall–Kier alpha value is -2.38. The molecule has 1 aromatic heterocycles. The van der Waals surface area contributed by atoms with Crippen molar-refractivity contribution in [2.75, 3.05) is 5.32 Å². The highest BCUT2D eigenvalue weighted by atomic mass is 19.3. The van der Waals surface area contributed by atoms with Crippen LogP contribution < -0.4 is 5.32 Å². The normalized spacial score (nSPS) is 10.7. The number of hydrogen-bond donors (Lipinski definition) is 1. The number of hydrogen-bond acceptors (Lipinski definition) is 4. The number of alkyl halides is 2. The van der Waals surface area contributed by atoms with Crippen molar-refractivity contribution in [3.63, 3.8) is 0 Å². The molecule has 94 valence electrons. The third-order valence-corrected chi connectivity index (χ3v) is 2.01. The molecule has 0 radical (unpaired) electrons. The molecule has 0 aliphatic carbocycles. The van der Waals surface area contributed by atoms with Gasteiger partial charge < -0.3 is 4.42 Å². The average Bonchev–Trinajstić information content (AvgIpc) is 2.80. The number of nitrogens with one attached hydrogen (secondary N) is 1. The zero-order valence-electron chi connectivity index (χ0n) is 8.73. The fourth-order valence-electron chi connectivity index (χ4n) is 1.27. The Morgan fingerprint density at radius 3 is 2.72 bits per heavy atom. The van der Waals surface area contributed by atoms with E-state index in [0.29, 0.717) is 6.07 Å². The van der Waals surface area contributed by atoms with Crippen LogP contribution in [0.5, 0.6) is 0 Å². The van der Waals surface area contributed by atoms with Crippen molar-refractivity contribution in [1.82, 2.24) is 10.2 Å². The van der Waals surface area contributed by atoms with Crippen LogP contribution >= 0.6 is 0 Å². The maximum atomic E-state index is 13.1. The first-order valence-electron chi connectivity index (χ1n) is 4.72. The van der Waals surface area contributed by atoms with E-state index in [4.69, 9.17) is 0 Å². The molecule has 1 aromatic carbocycles. The summed E-state index contributed by atoms with van der Waals surface area (Å²) in [5.41, 5.74) is -0.839. The summed E-state index contributed by atoms with van der Waals surface area (Å²) in [6.45, 7) is 0. The van der Waals surface area contributed by atoms with Gasteiger partial charge in [-0.2, -0.15) is 0 Å². The van der Waals surface area contributed by atoms with Gasteiger partial charge in [-0.25, -0.2) is 13.2 Å². The Balaban J connectivity index is 2.24. The van der Waals surface area contributed by atoms with Crippen LogP contribution in [0.15, 0.2) is 29.0 Å². The number of amides is 1. The van der Waals surface area contributed by atoms with Gasteiger partial charge in [0.05, 0.1) is 0 Å². The van der Waals surface area contributed by atoms with Gasteiger partial charge in [0.1, 0.15) is 5.82 Å². The van der Waals surface area contributed by atoms with Crippen LogP contribution in [0, 0.1) is 5.82 Å². The van der Waals surface area contributed by atoms with Gasteiger partial charge in [-0.1, -0.05) is 5.10 Å². The van der Waals surface area contributed by atoms with Crippen LogP contribution in [0.2, 0.25) is 0 Å². The minimum Gasteiger partial charge on any atom is -0.411 e. The number of halogens is 3. The molecule has 1 N–H and O–H groups in total. The number of rotatable bonds is 3. The maximum Gasteiger partial charge on any atom is 0.322 e. The van der Waals surface area contributed by atoms with E-state index in [1.54, 1.807) is 0 Å². The topological polar surface area (TPSA) is 68.0 Å². The molecule has 0 aliphatic heterocycles. The highest BCUT2D eigenvalue weighted by molar-refractivity contribution is 6.03. The van der Waals surface area contributed by atoms with E-state index in [9.17, 15) is 18.0 Å². The first kappa shape index (κ1) is 12.1. The molecule has 0 fully saturated rings. The summed E-state index contributed by atoms with van der Waals surface area (Å²) >= 11 is 0. The summed E-state index contributed by atoms with van der Waals surface area (Å²) in [4.78, 5) is 11.6. The maximum absolute atomic E-state index is 13.1. The van der Waals surface area contributed by atoms with Crippen LogP contribution in [0.4, 0.5) is 19.2 Å². The Morgan fingerprint density at radius 2 is 2.11 bits per heavy atom. The minimum atomic E-state index is -2.87. The average molecular weight is 257 g/mol. The fourth-order valence-corrected chi connectivity index (χ4v) is 1.27. The predicted octanol–water partition coefficient (Wildman–Crippen LogP) is 2.40. The number of anilines is 1. The molecule has 2 aromatic rings. The van der Waals surface area contributed by atoms with E-state index < -0.39 is 23.7 Å². The van der Waals surface area contributed by atoms with Gasteiger partial charge in [0.15, 0.2) is 0 Å². The summed E-state index contributed by atoms with van der Waals surface area (Å²) < 4.78 is 42.6. The smallest absolute Gasteiger partial charge is 0.322 e. The molecule has 0 aliphatic rings. The lowest BCUT2D eigenvalue weighted by Crippen LogP contribution is -2.13. The Bertz CT molecular complexity index is 558. The summed E-state index contributed by atoms with van der Waals surface area (Å²) in [6, 6.07) is 2.17. The molecule has 0 unspecified atom stereocenters. The van der Waals surface area contributed by atoms with E-state index in [1.807, 2.05) is 0 Å². The van der Waals surface area contributed by atoms with Crippen LogP contribution in [-0.2, 0) is 0 Å². The number of carbonyl (C=O) groups is 1. The van der Waals surface area contributed by atoms with Crippen molar-refractivity contribution in [3.8, 4) is 0 Å². The van der Waals surface area contributed by atoms with Crippen LogP contribution in [0.25, 0.3) is 0 Å². The monoisotopic (exact) mass is 257 g/mol. The van der Waals surface area contributed by atoms with Crippen molar-refractivity contribution in [1.29, 1.82) is 0 Å². The molecule has 1 amide bonds. The minimum absolute atomic E-state index is 0.206. The van der Waals surface area contributed by atoms with E-state index in [2.05, 4.69) is 19.9 Å². The van der Waals surface area contributed by atoms with Crippen LogP contribution in [0.1, 0.15) is 22.3 Å². The SMILES string of the molecule is O=C(Nc1nnco1)c1cc(F)cc(C(F)F)c1. The van der Waals surface area contributed by atoms with Gasteiger partial charge in [0.2, 0.25) is 6.39 Å². The zero-order chi connectivity index (χ0) is 13.1. The molecular weight excluding hydrogens is 251 g/mol. The van der Waals surface area contributed by atoms with Gasteiger partial charge in [0, 0.05) is 11.1 Å². The Labute approximate surface area is 98.6 Å². The number of aromatic nitrogens is 2. The van der Waals surface area contributed by atoms with Gasteiger partial charge in [-0.15, -0.1) is 5.10 Å². The van der Waals surface area contributed by atoms with Gasteiger partial charge in [0.25, 0.3) is 12.3 Å². The van der Waals surface area contributed by atoms with E-state index >= 15 is 0 Å². The lowest BCUT2D eigenvalue weighted by molar-refractivity contribution is 0.102. The third kappa shape index (κ3) is 2.65. The second-order valence-corrected chi connectivity index (χ2v) is 3.27. The standard InChI is InChI=1S/C10H6F3N3O2/c11-7-2-5(8(12)13)1-6(3-7)9(17)15-10-16-14-4-18-10/h1-4,8H,(H,15,16,17). The van der Waals surface area contributed by atoms with E-state index in [-0.39, 0.29) is 11.6 Å². The van der Waals surface area contributed by atoms with Crippen molar-refractivity contribution >= 4 is 11.9 Å². The number of nitrogens with zero attached hydrogens (tertiary/aromatic N) is 2. The molecule has 0 saturated carbocycles. The number of carbonyl (C=O) groups excluding carboxylic acids is 1. The summed E-state index contributed by atoms with van der Waals surface area (Å²) in [5, 5.41) is 8.82. The molecule has 2 rings (SSSR count). The lowest BCUT2D eigenvalue weighted by Gasteiger charge is -2.04. The molecule has 8 heteroatoms. The quantitative estimate of drug-likeness (QED) is 0.916. The van der Waals surface area contributed by atoms with E-state index in [0.717, 1.165) is 18.5 Å². The molecule has 1 heterocycles. The van der Waals surface area contributed by atoms with Crippen molar-refractivity contribution < 1.29 is 22.4 Å². The first-order valence-corrected chi connectivity index (χ1v) is 4.72. The third-order valence-electron chi connectivity index (χ3n) is 2.01. The predicted molar refractivity (Wildman–Crippen MR) is 53.6 cm³/mol. The highest BCUT2D eigenvalue weighted by Crippen LogP contribution is 2.21. The summed E-state index contributed by atoms with van der Waals surface area (Å²) in [5.74, 6) is -1.75. The highest BCUT2D eigenvalue weighted by Gasteiger charge is 2.15. The van der Waals surface area contributed by atoms with Crippen molar-refractivity contribution in [3.05, 3.63) is 41.5 Å². The molecule has 5 nitrogen and oxygen atoms in total. The van der Waals surface area contributed by atoms with Crippen LogP contribution in [0.3, 0.4) is 0 Å². The van der Waals surface area contributed by atoms with Gasteiger partial charge in [-0.05, 0) is 18.2 Å². The molecule has 0 saturated heterocycles. The molecular formula is C10H6F3N3O2. The van der Waals surface area contributed by atoms with Crippen molar-refractivity contribution in [2.24, 2.45) is 0 Å². The van der Waals surface area contributed by atoms with Gasteiger partial charge in [-0.3, -0.25) is 10.1 Å². The lowest BCUT2D eigenvalue weighted by atomic mass is 10.1. The second-order valence-electron chi connectivity index (χ2n) is 3.27. The van der Waals surface area contributed by atoms with Gasteiger partial charge >= 0.3 is 6.01 Å². The van der Waals surface area contributed by atoms with Crippen LogP contribution in [-0.4, -0.2) is 16.1 Å². The van der Waals surface area contributed by atoms with E-state index in [1.165, 1.54) is 0 Å². The van der Waals surface area contributed by atoms with Crippen molar-refractivity contribution in [2.45, 2.75) is 6.43 Å². The summed E-state index contributed by atoms with van der Waals surface area (Å²) in [7, 11) is 0. The number of benzene rings is 1. The largest absolute Gasteiger partial charge is 0.411 e. The first-order chi connectivity index (χ1) is 8.56. The summed E-state index contributed by atoms with van der Waals surface area (Å²) in [6.07, 6.45) is -1.89. The Morgan fingerprint density at radius 1 is 1.33 bits per heavy atom. The second kappa shape index (κ2) is 4.86. The fraction of sp³-hybridized carbons (Fsp3) is 0.100. The molecule has 0 bridgehead atoms. The zero-order valence-corrected chi connectivity index (χ0v) is 8.73. The molecule has 0 atom stereocenters. The Kier molecular flexibility index (Phi) is 3.26.